The van der Waals surface area contributed by atoms with Crippen LogP contribution in [0.4, 0.5) is 4.39 Å². The number of likely N-dealkylation sites (tertiary alicyclic amines) is 1. The number of rotatable bonds is 7. The first-order valence-corrected chi connectivity index (χ1v) is 7.89. The van der Waals surface area contributed by atoms with Crippen molar-refractivity contribution in [2.45, 2.75) is 19.3 Å². The van der Waals surface area contributed by atoms with Gasteiger partial charge in [0, 0.05) is 6.54 Å². The van der Waals surface area contributed by atoms with Crippen molar-refractivity contribution in [2.75, 3.05) is 46.9 Å². The number of piperidine rings is 1. The number of benzene rings is 1. The molecule has 0 saturated carbocycles. The topological polar surface area (TPSA) is 15.7 Å². The Labute approximate surface area is 127 Å². The van der Waals surface area contributed by atoms with Gasteiger partial charge in [-0.15, -0.1) is 0 Å². The molecule has 0 N–H and O–H groups in total. The van der Waals surface area contributed by atoms with E-state index in [1.807, 2.05) is 0 Å². The summed E-state index contributed by atoms with van der Waals surface area (Å²) in [5.41, 5.74) is 0. The van der Waals surface area contributed by atoms with Gasteiger partial charge in [-0.05, 0) is 83.2 Å². The molecule has 2 rings (SSSR count). The van der Waals surface area contributed by atoms with Gasteiger partial charge in [-0.25, -0.2) is 4.39 Å². The Morgan fingerprint density at radius 2 is 1.86 bits per heavy atom. The first-order valence-electron chi connectivity index (χ1n) is 7.89. The third-order valence-corrected chi connectivity index (χ3v) is 4.18. The second-order valence-corrected chi connectivity index (χ2v) is 6.18. The molecule has 4 heteroatoms. The van der Waals surface area contributed by atoms with Gasteiger partial charge in [0.2, 0.25) is 0 Å². The highest BCUT2D eigenvalue weighted by Crippen LogP contribution is 2.20. The third-order valence-electron chi connectivity index (χ3n) is 4.18. The van der Waals surface area contributed by atoms with Crippen LogP contribution in [0.25, 0.3) is 0 Å². The largest absolute Gasteiger partial charge is 0.492 e. The molecule has 0 aromatic heterocycles. The first kappa shape index (κ1) is 16.2. The molecule has 1 heterocycles. The van der Waals surface area contributed by atoms with Crippen molar-refractivity contribution in [1.29, 1.82) is 0 Å². The molecular weight excluding hydrogens is 267 g/mol. The minimum atomic E-state index is -0.220. The van der Waals surface area contributed by atoms with Crippen molar-refractivity contribution in [3.63, 3.8) is 0 Å². The third kappa shape index (κ3) is 6.02. The van der Waals surface area contributed by atoms with Gasteiger partial charge in [-0.1, -0.05) is 0 Å². The Balaban J connectivity index is 1.59. The van der Waals surface area contributed by atoms with E-state index in [0.29, 0.717) is 6.61 Å². The zero-order valence-corrected chi connectivity index (χ0v) is 13.2. The smallest absolute Gasteiger partial charge is 0.123 e. The summed E-state index contributed by atoms with van der Waals surface area (Å²) in [6, 6.07) is 6.24. The highest BCUT2D eigenvalue weighted by atomic mass is 19.1. The van der Waals surface area contributed by atoms with Crippen LogP contribution < -0.4 is 4.74 Å². The van der Waals surface area contributed by atoms with Crippen LogP contribution in [0, 0.1) is 11.7 Å². The molecule has 118 valence electrons. The first-order chi connectivity index (χ1) is 10.1. The lowest BCUT2D eigenvalue weighted by Gasteiger charge is -2.32. The van der Waals surface area contributed by atoms with Crippen molar-refractivity contribution in [3.8, 4) is 5.75 Å². The molecular formula is C17H27FN2O. The summed E-state index contributed by atoms with van der Waals surface area (Å²) in [6.07, 6.45) is 3.90. The van der Waals surface area contributed by atoms with Crippen molar-refractivity contribution in [2.24, 2.45) is 5.92 Å². The number of ether oxygens (including phenoxy) is 1. The van der Waals surface area contributed by atoms with Gasteiger partial charge in [0.15, 0.2) is 0 Å². The van der Waals surface area contributed by atoms with E-state index in [-0.39, 0.29) is 5.82 Å². The summed E-state index contributed by atoms with van der Waals surface area (Å²) in [6.45, 7) is 5.17. The minimum Gasteiger partial charge on any atom is -0.492 e. The van der Waals surface area contributed by atoms with Crippen molar-refractivity contribution < 1.29 is 9.13 Å². The predicted octanol–water partition coefficient (Wildman–Crippen LogP) is 2.87. The number of hydrogen-bond donors (Lipinski definition) is 0. The van der Waals surface area contributed by atoms with E-state index >= 15 is 0 Å². The monoisotopic (exact) mass is 294 g/mol. The predicted molar refractivity (Wildman–Crippen MR) is 84.2 cm³/mol. The van der Waals surface area contributed by atoms with Crippen LogP contribution in [0.3, 0.4) is 0 Å². The maximum atomic E-state index is 12.8. The lowest BCUT2D eigenvalue weighted by molar-refractivity contribution is 0.147. The molecule has 21 heavy (non-hydrogen) atoms. The van der Waals surface area contributed by atoms with Gasteiger partial charge in [-0.3, -0.25) is 4.90 Å². The van der Waals surface area contributed by atoms with Crippen LogP contribution in [-0.2, 0) is 0 Å². The fourth-order valence-corrected chi connectivity index (χ4v) is 2.76. The van der Waals surface area contributed by atoms with E-state index < -0.39 is 0 Å². The lowest BCUT2D eigenvalue weighted by atomic mass is 9.93. The van der Waals surface area contributed by atoms with E-state index in [1.54, 1.807) is 12.1 Å². The molecule has 1 aliphatic heterocycles. The SMILES string of the molecule is CN(C)CCC1CCN(CCOc2ccc(F)cc2)CC1. The highest BCUT2D eigenvalue weighted by Gasteiger charge is 2.18. The highest BCUT2D eigenvalue weighted by molar-refractivity contribution is 5.21. The fourth-order valence-electron chi connectivity index (χ4n) is 2.76. The van der Waals surface area contributed by atoms with Gasteiger partial charge < -0.3 is 9.64 Å². The maximum absolute atomic E-state index is 12.8. The summed E-state index contributed by atoms with van der Waals surface area (Å²) in [7, 11) is 4.28. The van der Waals surface area contributed by atoms with Crippen molar-refractivity contribution in [1.82, 2.24) is 9.80 Å². The molecule has 0 unspecified atom stereocenters. The van der Waals surface area contributed by atoms with Crippen LogP contribution in [0.2, 0.25) is 0 Å². The van der Waals surface area contributed by atoms with Gasteiger partial charge in [0.1, 0.15) is 18.2 Å². The van der Waals surface area contributed by atoms with Gasteiger partial charge in [0.25, 0.3) is 0 Å². The second kappa shape index (κ2) is 8.35. The second-order valence-electron chi connectivity index (χ2n) is 6.18. The molecule has 0 radical (unpaired) electrons. The van der Waals surface area contributed by atoms with Crippen LogP contribution in [0.15, 0.2) is 24.3 Å². The molecule has 0 bridgehead atoms. The van der Waals surface area contributed by atoms with Crippen molar-refractivity contribution >= 4 is 0 Å². The number of halogens is 1. The molecule has 3 nitrogen and oxygen atoms in total. The van der Waals surface area contributed by atoms with E-state index in [9.17, 15) is 4.39 Å². The molecule has 1 aliphatic rings. The lowest BCUT2D eigenvalue weighted by Crippen LogP contribution is -2.37. The van der Waals surface area contributed by atoms with Crippen LogP contribution >= 0.6 is 0 Å². The van der Waals surface area contributed by atoms with Crippen LogP contribution in [-0.4, -0.2) is 56.7 Å². The Morgan fingerprint density at radius 1 is 1.19 bits per heavy atom. The Kier molecular flexibility index (Phi) is 6.46. The van der Waals surface area contributed by atoms with E-state index in [4.69, 9.17) is 4.74 Å². The van der Waals surface area contributed by atoms with E-state index in [1.165, 1.54) is 51.0 Å². The van der Waals surface area contributed by atoms with Gasteiger partial charge in [0.05, 0.1) is 0 Å². The maximum Gasteiger partial charge on any atom is 0.123 e. The standard InChI is InChI=1S/C17H27FN2O/c1-19(2)10-7-15-8-11-20(12-9-15)13-14-21-17-5-3-16(18)4-6-17/h3-6,15H,7-14H2,1-2H3. The number of nitrogens with zero attached hydrogens (tertiary/aromatic N) is 2. The average Bonchev–Trinajstić information content (AvgIpc) is 2.48. The zero-order chi connectivity index (χ0) is 15.1. The summed E-state index contributed by atoms with van der Waals surface area (Å²) < 4.78 is 18.4. The summed E-state index contributed by atoms with van der Waals surface area (Å²) in [5.74, 6) is 1.40. The summed E-state index contributed by atoms with van der Waals surface area (Å²) >= 11 is 0. The molecule has 1 aromatic carbocycles. The molecule has 0 amide bonds. The summed E-state index contributed by atoms with van der Waals surface area (Å²) in [5, 5.41) is 0. The Hall–Kier alpha value is -1.13. The molecule has 1 saturated heterocycles. The van der Waals surface area contributed by atoms with Gasteiger partial charge in [-0.2, -0.15) is 0 Å². The molecule has 0 atom stereocenters. The number of hydrogen-bond acceptors (Lipinski definition) is 3. The average molecular weight is 294 g/mol. The zero-order valence-electron chi connectivity index (χ0n) is 13.2. The quantitative estimate of drug-likeness (QED) is 0.769. The van der Waals surface area contributed by atoms with E-state index in [2.05, 4.69) is 23.9 Å². The van der Waals surface area contributed by atoms with Crippen LogP contribution in [0.5, 0.6) is 5.75 Å². The fraction of sp³-hybridized carbons (Fsp3) is 0.647. The molecule has 0 spiro atoms. The normalized spacial score (nSPS) is 17.3. The minimum absolute atomic E-state index is 0.220. The Morgan fingerprint density at radius 3 is 2.48 bits per heavy atom. The molecule has 1 fully saturated rings. The van der Waals surface area contributed by atoms with E-state index in [0.717, 1.165) is 18.2 Å². The summed E-state index contributed by atoms with van der Waals surface area (Å²) in [4.78, 5) is 4.73. The molecule has 1 aromatic rings. The molecule has 0 aliphatic carbocycles. The van der Waals surface area contributed by atoms with Gasteiger partial charge >= 0.3 is 0 Å². The van der Waals surface area contributed by atoms with Crippen LogP contribution in [0.1, 0.15) is 19.3 Å². The van der Waals surface area contributed by atoms with Crippen molar-refractivity contribution in [3.05, 3.63) is 30.1 Å². The Bertz CT molecular complexity index is 400.